The van der Waals surface area contributed by atoms with E-state index in [1.165, 1.54) is 6.33 Å². The smallest absolute Gasteiger partial charge is 0.313 e. The quantitative estimate of drug-likeness (QED) is 0.501. The van der Waals surface area contributed by atoms with Crippen molar-refractivity contribution in [2.24, 2.45) is 0 Å². The number of nitrogens with one attached hydrogen (secondary N) is 1. The Kier molecular flexibility index (Phi) is 2.42. The zero-order chi connectivity index (χ0) is 10.8. The molecule has 0 radical (unpaired) electrons. The average molecular weight is 225 g/mol. The summed E-state index contributed by atoms with van der Waals surface area (Å²) in [5, 5.41) is 9.04. The predicted octanol–water partition coefficient (Wildman–Crippen LogP) is 0.112. The summed E-state index contributed by atoms with van der Waals surface area (Å²) in [6.07, 6.45) is 1.46. The van der Waals surface area contributed by atoms with Crippen LogP contribution in [0.3, 0.4) is 0 Å². The number of imidazole rings is 1. The largest absolute Gasteiger partial charge is 0.481 e. The third kappa shape index (κ3) is 1.99. The molecule has 4 N–H and O–H groups in total. The van der Waals surface area contributed by atoms with Crippen LogP contribution in [0.25, 0.3) is 11.2 Å². The highest BCUT2D eigenvalue weighted by molar-refractivity contribution is 8.00. The second kappa shape index (κ2) is 3.73. The summed E-state index contributed by atoms with van der Waals surface area (Å²) < 4.78 is 0. The number of aliphatic carboxylic acids is 1. The van der Waals surface area contributed by atoms with Crippen molar-refractivity contribution in [3.8, 4) is 0 Å². The summed E-state index contributed by atoms with van der Waals surface area (Å²) in [5.41, 5.74) is 6.50. The standard InChI is InChI=1S/C7H7N5O2S/c8-7-11-5-4(9-2-10-5)6(12-7)15-1-3(13)14/h2H,1H2,(H,13,14)(H3,8,9,10,11,12). The number of H-pyrrole nitrogens is 1. The van der Waals surface area contributed by atoms with Crippen LogP contribution in [0.2, 0.25) is 0 Å². The van der Waals surface area contributed by atoms with Crippen molar-refractivity contribution in [1.29, 1.82) is 0 Å². The van der Waals surface area contributed by atoms with Gasteiger partial charge in [-0.15, -0.1) is 0 Å². The maximum absolute atomic E-state index is 10.4. The molecule has 0 aliphatic heterocycles. The number of hydrogen-bond acceptors (Lipinski definition) is 6. The molecule has 0 aliphatic carbocycles. The summed E-state index contributed by atoms with van der Waals surface area (Å²) in [6.45, 7) is 0. The number of nitrogens with zero attached hydrogens (tertiary/aromatic N) is 3. The fourth-order valence-corrected chi connectivity index (χ4v) is 1.77. The molecule has 0 amide bonds. The van der Waals surface area contributed by atoms with E-state index in [0.29, 0.717) is 16.2 Å². The number of nitrogen functional groups attached to an aromatic ring is 1. The van der Waals surface area contributed by atoms with Crippen LogP contribution < -0.4 is 5.73 Å². The number of thioether (sulfide) groups is 1. The summed E-state index contributed by atoms with van der Waals surface area (Å²) in [4.78, 5) is 25.0. The second-order valence-electron chi connectivity index (χ2n) is 2.67. The van der Waals surface area contributed by atoms with E-state index >= 15 is 0 Å². The van der Waals surface area contributed by atoms with Crippen LogP contribution in [0.5, 0.6) is 0 Å². The fourth-order valence-electron chi connectivity index (χ4n) is 1.06. The van der Waals surface area contributed by atoms with Crippen molar-refractivity contribution < 1.29 is 9.90 Å². The van der Waals surface area contributed by atoms with E-state index in [-0.39, 0.29) is 11.7 Å². The first-order chi connectivity index (χ1) is 7.16. The summed E-state index contributed by atoms with van der Waals surface area (Å²) in [7, 11) is 0. The molecular weight excluding hydrogens is 218 g/mol. The van der Waals surface area contributed by atoms with Gasteiger partial charge in [0.1, 0.15) is 10.5 Å². The molecule has 2 heterocycles. The van der Waals surface area contributed by atoms with Gasteiger partial charge in [-0.1, -0.05) is 11.8 Å². The van der Waals surface area contributed by atoms with Crippen LogP contribution in [0.1, 0.15) is 0 Å². The first kappa shape index (κ1) is 9.71. The van der Waals surface area contributed by atoms with E-state index in [0.717, 1.165) is 11.8 Å². The van der Waals surface area contributed by atoms with E-state index in [1.54, 1.807) is 0 Å². The maximum atomic E-state index is 10.4. The Morgan fingerprint density at radius 3 is 3.13 bits per heavy atom. The molecule has 7 nitrogen and oxygen atoms in total. The van der Waals surface area contributed by atoms with Gasteiger partial charge in [-0.05, 0) is 0 Å². The summed E-state index contributed by atoms with van der Waals surface area (Å²) >= 11 is 1.07. The Balaban J connectivity index is 2.39. The van der Waals surface area contributed by atoms with Gasteiger partial charge in [-0.25, -0.2) is 9.97 Å². The first-order valence-corrected chi connectivity index (χ1v) is 4.96. The van der Waals surface area contributed by atoms with Crippen molar-refractivity contribution in [3.05, 3.63) is 6.33 Å². The minimum Gasteiger partial charge on any atom is -0.481 e. The van der Waals surface area contributed by atoms with Crippen LogP contribution in [0.15, 0.2) is 11.4 Å². The second-order valence-corrected chi connectivity index (χ2v) is 3.63. The normalized spacial score (nSPS) is 10.7. The molecule has 0 fully saturated rings. The zero-order valence-electron chi connectivity index (χ0n) is 7.47. The Bertz CT molecular complexity index is 511. The summed E-state index contributed by atoms with van der Waals surface area (Å²) in [5.74, 6) is -0.905. The van der Waals surface area contributed by atoms with E-state index in [2.05, 4.69) is 19.9 Å². The third-order valence-corrected chi connectivity index (χ3v) is 2.56. The van der Waals surface area contributed by atoms with E-state index < -0.39 is 5.97 Å². The van der Waals surface area contributed by atoms with Crippen molar-refractivity contribution in [1.82, 2.24) is 19.9 Å². The minimum absolute atomic E-state index is 0.0788. The molecule has 78 valence electrons. The molecule has 0 aliphatic rings. The van der Waals surface area contributed by atoms with Gasteiger partial charge in [0.25, 0.3) is 0 Å². The van der Waals surface area contributed by atoms with Crippen molar-refractivity contribution in [2.45, 2.75) is 5.03 Å². The fraction of sp³-hybridized carbons (Fsp3) is 0.143. The van der Waals surface area contributed by atoms with Gasteiger partial charge in [-0.2, -0.15) is 4.98 Å². The number of aromatic nitrogens is 4. The molecule has 0 bridgehead atoms. The number of fused-ring (bicyclic) bond motifs is 1. The SMILES string of the molecule is Nc1nc(SCC(=O)O)c2[nH]cnc2n1. The Morgan fingerprint density at radius 2 is 2.40 bits per heavy atom. The highest BCUT2D eigenvalue weighted by Gasteiger charge is 2.10. The lowest BCUT2D eigenvalue weighted by molar-refractivity contribution is -0.133. The van der Waals surface area contributed by atoms with Crippen molar-refractivity contribution in [2.75, 3.05) is 11.5 Å². The van der Waals surface area contributed by atoms with E-state index in [4.69, 9.17) is 10.8 Å². The molecule has 2 aromatic rings. The predicted molar refractivity (Wildman–Crippen MR) is 54.5 cm³/mol. The van der Waals surface area contributed by atoms with Gasteiger partial charge in [0.2, 0.25) is 5.95 Å². The molecular formula is C7H7N5O2S. The van der Waals surface area contributed by atoms with Crippen LogP contribution in [-0.2, 0) is 4.79 Å². The van der Waals surface area contributed by atoms with E-state index in [1.807, 2.05) is 0 Å². The Labute approximate surface area is 88.1 Å². The first-order valence-electron chi connectivity index (χ1n) is 3.98. The Morgan fingerprint density at radius 1 is 1.60 bits per heavy atom. The molecule has 2 aromatic heterocycles. The molecule has 8 heteroatoms. The number of carbonyl (C=O) groups is 1. The minimum atomic E-state index is -0.912. The van der Waals surface area contributed by atoms with Gasteiger partial charge >= 0.3 is 5.97 Å². The number of anilines is 1. The van der Waals surface area contributed by atoms with Crippen molar-refractivity contribution in [3.63, 3.8) is 0 Å². The Hall–Kier alpha value is -1.83. The maximum Gasteiger partial charge on any atom is 0.313 e. The number of carboxylic acid groups (broad SMARTS) is 1. The van der Waals surface area contributed by atoms with Crippen LogP contribution >= 0.6 is 11.8 Å². The third-order valence-electron chi connectivity index (χ3n) is 1.60. The monoisotopic (exact) mass is 225 g/mol. The lowest BCUT2D eigenvalue weighted by Gasteiger charge is -1.99. The van der Waals surface area contributed by atoms with Crippen LogP contribution in [0, 0.1) is 0 Å². The number of aromatic amines is 1. The molecule has 0 unspecified atom stereocenters. The lowest BCUT2D eigenvalue weighted by atomic mass is 10.5. The molecule has 0 atom stereocenters. The molecule has 0 saturated carbocycles. The molecule has 15 heavy (non-hydrogen) atoms. The van der Waals surface area contributed by atoms with Crippen molar-refractivity contribution >= 4 is 34.8 Å². The number of carboxylic acids is 1. The van der Waals surface area contributed by atoms with Gasteiger partial charge < -0.3 is 15.8 Å². The molecule has 0 saturated heterocycles. The number of rotatable bonds is 3. The van der Waals surface area contributed by atoms with Crippen LogP contribution in [-0.4, -0.2) is 36.8 Å². The molecule has 2 rings (SSSR count). The van der Waals surface area contributed by atoms with Gasteiger partial charge in [0, 0.05) is 0 Å². The summed E-state index contributed by atoms with van der Waals surface area (Å²) in [6, 6.07) is 0. The molecule has 0 spiro atoms. The van der Waals surface area contributed by atoms with Gasteiger partial charge in [0.15, 0.2) is 5.65 Å². The topological polar surface area (TPSA) is 118 Å². The highest BCUT2D eigenvalue weighted by Crippen LogP contribution is 2.23. The van der Waals surface area contributed by atoms with Gasteiger partial charge in [-0.3, -0.25) is 4.79 Å². The average Bonchev–Trinajstić information content (AvgIpc) is 2.61. The number of nitrogens with two attached hydrogens (primary N) is 1. The molecule has 0 aromatic carbocycles. The highest BCUT2D eigenvalue weighted by atomic mass is 32.2. The number of hydrogen-bond donors (Lipinski definition) is 3. The van der Waals surface area contributed by atoms with Crippen LogP contribution in [0.4, 0.5) is 5.95 Å². The zero-order valence-corrected chi connectivity index (χ0v) is 8.28. The lowest BCUT2D eigenvalue weighted by Crippen LogP contribution is -2.01. The van der Waals surface area contributed by atoms with Gasteiger partial charge in [0.05, 0.1) is 12.1 Å². The van der Waals surface area contributed by atoms with E-state index in [9.17, 15) is 4.79 Å².